The van der Waals surface area contributed by atoms with Gasteiger partial charge in [0.1, 0.15) is 0 Å². The smallest absolute Gasteiger partial charge is 0.238 e. The first-order valence-electron chi connectivity index (χ1n) is 5.53. The number of hydrogen-bond acceptors (Lipinski definition) is 4. The molecule has 0 fully saturated rings. The first-order chi connectivity index (χ1) is 7.84. The van der Waals surface area contributed by atoms with Gasteiger partial charge in [-0.05, 0) is 31.5 Å². The Morgan fingerprint density at radius 2 is 2.06 bits per heavy atom. The third kappa shape index (κ3) is 3.90. The van der Waals surface area contributed by atoms with Crippen LogP contribution in [0.5, 0.6) is 0 Å². The van der Waals surface area contributed by atoms with Gasteiger partial charge in [0.2, 0.25) is 10.0 Å². The molecule has 5 N–H and O–H groups in total. The maximum atomic E-state index is 11.1. The lowest BCUT2D eigenvalue weighted by Gasteiger charge is -2.16. The SMILES string of the molecule is CCCC(C)Nc1ccc(S(N)(=O)=O)cc1N. The molecule has 0 spiro atoms. The van der Waals surface area contributed by atoms with Gasteiger partial charge in [0, 0.05) is 6.04 Å². The summed E-state index contributed by atoms with van der Waals surface area (Å²) in [5.41, 5.74) is 6.90. The van der Waals surface area contributed by atoms with E-state index < -0.39 is 10.0 Å². The van der Waals surface area contributed by atoms with Gasteiger partial charge in [0.15, 0.2) is 0 Å². The zero-order chi connectivity index (χ0) is 13.1. The summed E-state index contributed by atoms with van der Waals surface area (Å²) in [7, 11) is -3.69. The Hall–Kier alpha value is -1.27. The summed E-state index contributed by atoms with van der Waals surface area (Å²) in [6.07, 6.45) is 2.10. The molecular formula is C11H19N3O2S. The number of hydrogen-bond donors (Lipinski definition) is 3. The number of nitrogens with one attached hydrogen (secondary N) is 1. The van der Waals surface area contributed by atoms with Crippen LogP contribution in [0.4, 0.5) is 11.4 Å². The molecule has 1 aromatic rings. The molecule has 17 heavy (non-hydrogen) atoms. The fourth-order valence-corrected chi connectivity index (χ4v) is 2.17. The van der Waals surface area contributed by atoms with Crippen molar-refractivity contribution in [2.45, 2.75) is 37.6 Å². The predicted octanol–water partition coefficient (Wildman–Crippen LogP) is 1.52. The number of primary sulfonamides is 1. The van der Waals surface area contributed by atoms with Crippen molar-refractivity contribution in [3.05, 3.63) is 18.2 Å². The van der Waals surface area contributed by atoms with E-state index in [2.05, 4.69) is 19.2 Å². The Labute approximate surface area is 102 Å². The summed E-state index contributed by atoms with van der Waals surface area (Å²) >= 11 is 0. The highest BCUT2D eigenvalue weighted by atomic mass is 32.2. The molecule has 96 valence electrons. The van der Waals surface area contributed by atoms with Gasteiger partial charge < -0.3 is 11.1 Å². The first-order valence-corrected chi connectivity index (χ1v) is 7.08. The summed E-state index contributed by atoms with van der Waals surface area (Å²) in [5, 5.41) is 8.25. The minimum atomic E-state index is -3.69. The van der Waals surface area contributed by atoms with E-state index in [4.69, 9.17) is 10.9 Å². The van der Waals surface area contributed by atoms with Gasteiger partial charge in [-0.1, -0.05) is 13.3 Å². The quantitative estimate of drug-likeness (QED) is 0.696. The molecule has 0 heterocycles. The van der Waals surface area contributed by atoms with E-state index in [1.165, 1.54) is 12.1 Å². The van der Waals surface area contributed by atoms with Gasteiger partial charge in [-0.3, -0.25) is 0 Å². The third-order valence-corrected chi connectivity index (χ3v) is 3.39. The summed E-state index contributed by atoms with van der Waals surface area (Å²) in [6, 6.07) is 4.76. The van der Waals surface area contributed by atoms with Crippen molar-refractivity contribution < 1.29 is 8.42 Å². The number of benzene rings is 1. The molecule has 0 aliphatic rings. The van der Waals surface area contributed by atoms with Crippen LogP contribution in [0.25, 0.3) is 0 Å². The minimum absolute atomic E-state index is 0.0312. The number of nitrogens with two attached hydrogens (primary N) is 2. The Bertz CT molecular complexity index is 485. The second-order valence-corrected chi connectivity index (χ2v) is 5.69. The van der Waals surface area contributed by atoms with E-state index >= 15 is 0 Å². The normalized spacial score (nSPS) is 13.4. The van der Waals surface area contributed by atoms with Crippen molar-refractivity contribution in [2.75, 3.05) is 11.1 Å². The number of anilines is 2. The van der Waals surface area contributed by atoms with Crippen molar-refractivity contribution >= 4 is 21.4 Å². The summed E-state index contributed by atoms with van der Waals surface area (Å²) in [5.74, 6) is 0. The lowest BCUT2D eigenvalue weighted by atomic mass is 10.2. The monoisotopic (exact) mass is 257 g/mol. The molecule has 0 aliphatic carbocycles. The fraction of sp³-hybridized carbons (Fsp3) is 0.455. The average Bonchev–Trinajstić information content (AvgIpc) is 2.20. The zero-order valence-corrected chi connectivity index (χ0v) is 10.9. The van der Waals surface area contributed by atoms with Crippen molar-refractivity contribution in [1.82, 2.24) is 0 Å². The van der Waals surface area contributed by atoms with Crippen molar-refractivity contribution in [2.24, 2.45) is 5.14 Å². The van der Waals surface area contributed by atoms with Crippen LogP contribution < -0.4 is 16.2 Å². The Morgan fingerprint density at radius 3 is 2.53 bits per heavy atom. The van der Waals surface area contributed by atoms with Crippen molar-refractivity contribution in [3.8, 4) is 0 Å². The summed E-state index contributed by atoms with van der Waals surface area (Å²) < 4.78 is 22.2. The van der Waals surface area contributed by atoms with Crippen LogP contribution >= 0.6 is 0 Å². The van der Waals surface area contributed by atoms with Crippen LogP contribution in [0.1, 0.15) is 26.7 Å². The zero-order valence-electron chi connectivity index (χ0n) is 10.1. The maximum Gasteiger partial charge on any atom is 0.238 e. The molecule has 0 saturated carbocycles. The van der Waals surface area contributed by atoms with Crippen LogP contribution in [0.15, 0.2) is 23.1 Å². The van der Waals surface area contributed by atoms with Crippen LogP contribution in [0.3, 0.4) is 0 Å². The van der Waals surface area contributed by atoms with Crippen molar-refractivity contribution in [1.29, 1.82) is 0 Å². The molecule has 1 unspecified atom stereocenters. The number of nitrogen functional groups attached to an aromatic ring is 1. The first kappa shape index (κ1) is 13.8. The van der Waals surface area contributed by atoms with Gasteiger partial charge >= 0.3 is 0 Å². The van der Waals surface area contributed by atoms with E-state index in [1.807, 2.05) is 0 Å². The largest absolute Gasteiger partial charge is 0.397 e. The fourth-order valence-electron chi connectivity index (χ4n) is 1.62. The van der Waals surface area contributed by atoms with Crippen LogP contribution in [0, 0.1) is 0 Å². The molecule has 0 saturated heterocycles. The number of rotatable bonds is 5. The molecule has 6 heteroatoms. The van der Waals surface area contributed by atoms with Gasteiger partial charge in [-0.2, -0.15) is 0 Å². The molecule has 0 aromatic heterocycles. The summed E-state index contributed by atoms with van der Waals surface area (Å²) in [6.45, 7) is 4.15. The molecule has 1 rings (SSSR count). The van der Waals surface area contributed by atoms with Crippen LogP contribution in [-0.4, -0.2) is 14.5 Å². The second kappa shape index (κ2) is 5.37. The molecule has 0 bridgehead atoms. The van der Waals surface area contributed by atoms with Crippen LogP contribution in [0.2, 0.25) is 0 Å². The number of sulfonamides is 1. The molecule has 1 aromatic carbocycles. The highest BCUT2D eigenvalue weighted by molar-refractivity contribution is 7.89. The molecular weight excluding hydrogens is 238 g/mol. The molecule has 0 radical (unpaired) electrons. The maximum absolute atomic E-state index is 11.1. The highest BCUT2D eigenvalue weighted by Crippen LogP contribution is 2.23. The van der Waals surface area contributed by atoms with E-state index in [0.717, 1.165) is 18.5 Å². The third-order valence-electron chi connectivity index (χ3n) is 2.48. The second-order valence-electron chi connectivity index (χ2n) is 4.13. The Balaban J connectivity index is 2.91. The molecule has 0 aliphatic heterocycles. The van der Waals surface area contributed by atoms with E-state index in [9.17, 15) is 8.42 Å². The topological polar surface area (TPSA) is 98.2 Å². The van der Waals surface area contributed by atoms with Gasteiger partial charge in [-0.15, -0.1) is 0 Å². The minimum Gasteiger partial charge on any atom is -0.397 e. The van der Waals surface area contributed by atoms with Crippen LogP contribution in [-0.2, 0) is 10.0 Å². The predicted molar refractivity (Wildman–Crippen MR) is 70.2 cm³/mol. The molecule has 0 amide bonds. The van der Waals surface area contributed by atoms with Gasteiger partial charge in [-0.25, -0.2) is 13.6 Å². The molecule has 5 nitrogen and oxygen atoms in total. The van der Waals surface area contributed by atoms with Crippen molar-refractivity contribution in [3.63, 3.8) is 0 Å². The van der Waals surface area contributed by atoms with E-state index in [-0.39, 0.29) is 4.90 Å². The molecule has 1 atom stereocenters. The Kier molecular flexibility index (Phi) is 4.36. The lowest BCUT2D eigenvalue weighted by Crippen LogP contribution is -2.17. The highest BCUT2D eigenvalue weighted by Gasteiger charge is 2.10. The van der Waals surface area contributed by atoms with E-state index in [0.29, 0.717) is 11.7 Å². The average molecular weight is 257 g/mol. The van der Waals surface area contributed by atoms with Gasteiger partial charge in [0.05, 0.1) is 16.3 Å². The Morgan fingerprint density at radius 1 is 1.41 bits per heavy atom. The standard InChI is InChI=1S/C11H19N3O2S/c1-3-4-8(2)14-11-6-5-9(7-10(11)12)17(13,15)16/h5-8,14H,3-4,12H2,1-2H3,(H2,13,15,16). The lowest BCUT2D eigenvalue weighted by molar-refractivity contribution is 0.598. The van der Waals surface area contributed by atoms with E-state index in [1.54, 1.807) is 6.07 Å². The van der Waals surface area contributed by atoms with Gasteiger partial charge in [0.25, 0.3) is 0 Å². The summed E-state index contributed by atoms with van der Waals surface area (Å²) in [4.78, 5) is 0.0312.